The van der Waals surface area contributed by atoms with Gasteiger partial charge in [-0.15, -0.1) is 0 Å². The molecule has 0 fully saturated rings. The number of nitrogens with zero attached hydrogens (tertiary/aromatic N) is 4. The third-order valence-electron chi connectivity index (χ3n) is 3.15. The molecule has 0 radical (unpaired) electrons. The Kier molecular flexibility index (Phi) is 4.05. The molecular weight excluding hydrogens is 262 g/mol. The molecule has 0 aliphatic heterocycles. The van der Waals surface area contributed by atoms with E-state index in [2.05, 4.69) is 10.3 Å². The lowest BCUT2D eigenvalue weighted by atomic mass is 10.4. The van der Waals surface area contributed by atoms with Crippen LogP contribution in [0, 0.1) is 0 Å². The molecule has 0 spiro atoms. The lowest BCUT2D eigenvalue weighted by molar-refractivity contribution is 0.191. The van der Waals surface area contributed by atoms with Gasteiger partial charge in [-0.2, -0.15) is 0 Å². The highest BCUT2D eigenvalue weighted by molar-refractivity contribution is 5.69. The average Bonchev–Trinajstić information content (AvgIpc) is 2.77. The number of aliphatic hydroxyl groups is 1. The number of hydrogen-bond donors (Lipinski definition) is 2. The molecule has 2 aromatic heterocycles. The molecule has 2 N–H and O–H groups in total. The first-order valence-corrected chi connectivity index (χ1v) is 6.43. The molecule has 0 amide bonds. The maximum Gasteiger partial charge on any atom is 0.332 e. The minimum absolute atomic E-state index is 0.249. The molecule has 2 aromatic rings. The maximum absolute atomic E-state index is 12.3. The van der Waals surface area contributed by atoms with Crippen LogP contribution >= 0.6 is 0 Å². The highest BCUT2D eigenvalue weighted by Crippen LogP contribution is 2.02. The molecule has 20 heavy (non-hydrogen) atoms. The van der Waals surface area contributed by atoms with Gasteiger partial charge in [-0.3, -0.25) is 13.9 Å². The van der Waals surface area contributed by atoms with Crippen molar-refractivity contribution in [1.29, 1.82) is 0 Å². The Morgan fingerprint density at radius 2 is 2.10 bits per heavy atom. The highest BCUT2D eigenvalue weighted by Gasteiger charge is 2.14. The Hall–Kier alpha value is -1.93. The van der Waals surface area contributed by atoms with E-state index in [4.69, 9.17) is 5.11 Å². The number of aryl methyl sites for hydroxylation is 2. The van der Waals surface area contributed by atoms with Crippen molar-refractivity contribution in [2.75, 3.05) is 13.1 Å². The van der Waals surface area contributed by atoms with Crippen LogP contribution in [0.25, 0.3) is 11.2 Å². The fourth-order valence-electron chi connectivity index (χ4n) is 2.10. The number of nitrogens with one attached hydrogen (secondary N) is 1. The molecule has 2 rings (SSSR count). The summed E-state index contributed by atoms with van der Waals surface area (Å²) in [4.78, 5) is 28.5. The zero-order valence-electron chi connectivity index (χ0n) is 11.8. The predicted molar refractivity (Wildman–Crippen MR) is 74.8 cm³/mol. The van der Waals surface area contributed by atoms with Gasteiger partial charge in [0.15, 0.2) is 11.2 Å². The first-order chi connectivity index (χ1) is 9.43. The molecule has 0 aromatic carbocycles. The molecule has 0 saturated heterocycles. The van der Waals surface area contributed by atoms with E-state index in [1.165, 1.54) is 15.5 Å². The van der Waals surface area contributed by atoms with Gasteiger partial charge >= 0.3 is 5.69 Å². The third kappa shape index (κ3) is 2.52. The van der Waals surface area contributed by atoms with E-state index in [9.17, 15) is 9.59 Å². The molecular formula is C12H19N5O3. The van der Waals surface area contributed by atoms with Crippen molar-refractivity contribution in [3.05, 3.63) is 27.2 Å². The van der Waals surface area contributed by atoms with Gasteiger partial charge in [0.1, 0.15) is 0 Å². The van der Waals surface area contributed by atoms with Gasteiger partial charge in [-0.25, -0.2) is 9.78 Å². The molecule has 0 bridgehead atoms. The fourth-order valence-corrected chi connectivity index (χ4v) is 2.10. The minimum atomic E-state index is -0.464. The van der Waals surface area contributed by atoms with E-state index in [0.717, 1.165) is 0 Å². The number of hydrogen-bond acceptors (Lipinski definition) is 5. The topological polar surface area (TPSA) is 94.1 Å². The summed E-state index contributed by atoms with van der Waals surface area (Å²) in [6, 6.07) is 0. The standard InChI is InChI=1S/C12H19N5O3/c1-8(18)6-13-4-5-17-11(19)9-10(14-7-15(9)2)16(3)12(17)20/h7-8,13,18H,4-6H2,1-3H3. The van der Waals surface area contributed by atoms with E-state index >= 15 is 0 Å². The van der Waals surface area contributed by atoms with Crippen molar-refractivity contribution in [1.82, 2.24) is 24.0 Å². The summed E-state index contributed by atoms with van der Waals surface area (Å²) < 4.78 is 4.15. The van der Waals surface area contributed by atoms with Crippen LogP contribution in [-0.2, 0) is 20.6 Å². The van der Waals surface area contributed by atoms with Gasteiger partial charge in [-0.1, -0.05) is 0 Å². The number of fused-ring (bicyclic) bond motifs is 1. The van der Waals surface area contributed by atoms with E-state index in [0.29, 0.717) is 24.3 Å². The lowest BCUT2D eigenvalue weighted by Gasteiger charge is -2.10. The molecule has 1 atom stereocenters. The van der Waals surface area contributed by atoms with Crippen molar-refractivity contribution in [2.24, 2.45) is 14.1 Å². The van der Waals surface area contributed by atoms with Crippen molar-refractivity contribution >= 4 is 11.2 Å². The molecule has 0 aliphatic rings. The second kappa shape index (κ2) is 5.59. The smallest absolute Gasteiger partial charge is 0.332 e. The van der Waals surface area contributed by atoms with Crippen molar-refractivity contribution in [2.45, 2.75) is 19.6 Å². The van der Waals surface area contributed by atoms with Crippen molar-refractivity contribution < 1.29 is 5.11 Å². The molecule has 1 unspecified atom stereocenters. The molecule has 8 heteroatoms. The van der Waals surface area contributed by atoms with Gasteiger partial charge in [0.05, 0.1) is 12.4 Å². The Labute approximate surface area is 115 Å². The molecule has 0 saturated carbocycles. The van der Waals surface area contributed by atoms with Crippen LogP contribution in [0.1, 0.15) is 6.92 Å². The second-order valence-electron chi connectivity index (χ2n) is 4.88. The summed E-state index contributed by atoms with van der Waals surface area (Å²) in [5.74, 6) is 0. The van der Waals surface area contributed by atoms with Gasteiger partial charge < -0.3 is 15.0 Å². The lowest BCUT2D eigenvalue weighted by Crippen LogP contribution is -2.42. The average molecular weight is 281 g/mol. The summed E-state index contributed by atoms with van der Waals surface area (Å²) in [7, 11) is 3.31. The normalized spacial score (nSPS) is 13.0. The van der Waals surface area contributed by atoms with Gasteiger partial charge in [0, 0.05) is 33.7 Å². The largest absolute Gasteiger partial charge is 0.392 e. The number of aliphatic hydroxyl groups excluding tert-OH is 1. The van der Waals surface area contributed by atoms with Crippen molar-refractivity contribution in [3.63, 3.8) is 0 Å². The Balaban J connectivity index is 2.36. The summed E-state index contributed by atoms with van der Waals surface area (Å²) in [5, 5.41) is 12.1. The maximum atomic E-state index is 12.3. The van der Waals surface area contributed by atoms with E-state index in [1.807, 2.05) is 0 Å². The van der Waals surface area contributed by atoms with Crippen LogP contribution in [0.2, 0.25) is 0 Å². The van der Waals surface area contributed by atoms with E-state index in [-0.39, 0.29) is 17.8 Å². The van der Waals surface area contributed by atoms with E-state index < -0.39 is 6.10 Å². The molecule has 2 heterocycles. The van der Waals surface area contributed by atoms with Crippen molar-refractivity contribution in [3.8, 4) is 0 Å². The molecule has 0 aliphatic carbocycles. The quantitative estimate of drug-likeness (QED) is 0.644. The molecule has 8 nitrogen and oxygen atoms in total. The summed E-state index contributed by atoms with van der Waals surface area (Å²) >= 11 is 0. The van der Waals surface area contributed by atoms with Crippen LogP contribution in [0.3, 0.4) is 0 Å². The zero-order chi connectivity index (χ0) is 14.9. The zero-order valence-corrected chi connectivity index (χ0v) is 11.8. The minimum Gasteiger partial charge on any atom is -0.392 e. The van der Waals surface area contributed by atoms with Crippen LogP contribution < -0.4 is 16.6 Å². The first kappa shape index (κ1) is 14.5. The summed E-state index contributed by atoms with van der Waals surface area (Å²) in [6.07, 6.45) is 1.05. The summed E-state index contributed by atoms with van der Waals surface area (Å²) in [6.45, 7) is 2.77. The Morgan fingerprint density at radius 1 is 1.40 bits per heavy atom. The summed E-state index contributed by atoms with van der Waals surface area (Å²) in [5.41, 5.74) is 0.0558. The number of imidazole rings is 1. The Bertz CT molecular complexity index is 725. The highest BCUT2D eigenvalue weighted by atomic mass is 16.3. The van der Waals surface area contributed by atoms with Crippen LogP contribution in [-0.4, -0.2) is 43.0 Å². The second-order valence-corrected chi connectivity index (χ2v) is 4.88. The van der Waals surface area contributed by atoms with Crippen LogP contribution in [0.5, 0.6) is 0 Å². The first-order valence-electron chi connectivity index (χ1n) is 6.43. The fraction of sp³-hybridized carbons (Fsp3) is 0.583. The van der Waals surface area contributed by atoms with E-state index in [1.54, 1.807) is 25.6 Å². The molecule has 110 valence electrons. The van der Waals surface area contributed by atoms with Crippen LogP contribution in [0.4, 0.5) is 0 Å². The van der Waals surface area contributed by atoms with Gasteiger partial charge in [0.2, 0.25) is 0 Å². The Morgan fingerprint density at radius 3 is 2.75 bits per heavy atom. The third-order valence-corrected chi connectivity index (χ3v) is 3.15. The monoisotopic (exact) mass is 281 g/mol. The number of rotatable bonds is 5. The predicted octanol–water partition coefficient (Wildman–Crippen LogP) is -1.60. The SMILES string of the molecule is CC(O)CNCCn1c(=O)c2c(ncn2C)n(C)c1=O. The number of aromatic nitrogens is 4. The van der Waals surface area contributed by atoms with Gasteiger partial charge in [-0.05, 0) is 6.92 Å². The van der Waals surface area contributed by atoms with Crippen LogP contribution in [0.15, 0.2) is 15.9 Å². The van der Waals surface area contributed by atoms with Gasteiger partial charge in [0.25, 0.3) is 5.56 Å².